The summed E-state index contributed by atoms with van der Waals surface area (Å²) in [6.07, 6.45) is 2.35. The molecule has 1 N–H and O–H groups in total. The van der Waals surface area contributed by atoms with Crippen molar-refractivity contribution < 1.29 is 9.84 Å². The van der Waals surface area contributed by atoms with Crippen LogP contribution in [0.5, 0.6) is 11.5 Å². The van der Waals surface area contributed by atoms with Crippen LogP contribution >= 0.6 is 0 Å². The Balaban J connectivity index is 1.86. The second kappa shape index (κ2) is 5.68. The van der Waals surface area contributed by atoms with Gasteiger partial charge in [0.1, 0.15) is 0 Å². The van der Waals surface area contributed by atoms with E-state index in [0.717, 1.165) is 25.1 Å². The molecule has 1 aliphatic heterocycles. The smallest absolute Gasteiger partial charge is 0.160 e. The van der Waals surface area contributed by atoms with Gasteiger partial charge in [-0.15, -0.1) is 0 Å². The second-order valence-electron chi connectivity index (χ2n) is 5.66. The molecule has 0 aromatic heterocycles. The number of fused-ring (bicyclic) bond motifs is 1. The van der Waals surface area contributed by atoms with Gasteiger partial charge < -0.3 is 14.7 Å². The summed E-state index contributed by atoms with van der Waals surface area (Å²) in [5.41, 5.74) is 5.24. The highest BCUT2D eigenvalue weighted by atomic mass is 16.5. The largest absolute Gasteiger partial charge is 0.504 e. The maximum Gasteiger partial charge on any atom is 0.160 e. The summed E-state index contributed by atoms with van der Waals surface area (Å²) in [6.45, 7) is 4.05. The van der Waals surface area contributed by atoms with E-state index >= 15 is 0 Å². The summed E-state index contributed by atoms with van der Waals surface area (Å²) in [5.74, 6) is 0.726. The van der Waals surface area contributed by atoms with Crippen molar-refractivity contribution in [3.8, 4) is 11.5 Å². The number of benzene rings is 2. The molecule has 3 rings (SSSR count). The average Bonchev–Trinajstić information content (AvgIpc) is 2.49. The molecule has 1 heterocycles. The summed E-state index contributed by atoms with van der Waals surface area (Å²) in [4.78, 5) is 2.41. The molecule has 0 unspecified atom stereocenters. The molecule has 0 radical (unpaired) electrons. The second-order valence-corrected chi connectivity index (χ2v) is 5.66. The molecular formula is C18H21NO2. The van der Waals surface area contributed by atoms with Crippen LogP contribution < -0.4 is 9.64 Å². The number of aryl methyl sites for hydroxylation is 2. The van der Waals surface area contributed by atoms with Crippen LogP contribution in [0.1, 0.15) is 23.1 Å². The van der Waals surface area contributed by atoms with Gasteiger partial charge in [0, 0.05) is 18.8 Å². The predicted molar refractivity (Wildman–Crippen MR) is 85.2 cm³/mol. The van der Waals surface area contributed by atoms with Crippen LogP contribution in [0.25, 0.3) is 0 Å². The van der Waals surface area contributed by atoms with Crippen molar-refractivity contribution in [3.63, 3.8) is 0 Å². The van der Waals surface area contributed by atoms with Crippen LogP contribution in [0.3, 0.4) is 0 Å². The van der Waals surface area contributed by atoms with Gasteiger partial charge in [-0.3, -0.25) is 0 Å². The van der Waals surface area contributed by atoms with E-state index in [1.807, 2.05) is 12.1 Å². The Morgan fingerprint density at radius 1 is 1.19 bits per heavy atom. The number of anilines is 1. The highest BCUT2D eigenvalue weighted by Gasteiger charge is 2.17. The number of hydrogen-bond donors (Lipinski definition) is 1. The van der Waals surface area contributed by atoms with Gasteiger partial charge in [0.2, 0.25) is 0 Å². The number of ether oxygens (including phenoxy) is 1. The summed E-state index contributed by atoms with van der Waals surface area (Å²) < 4.78 is 5.19. The minimum absolute atomic E-state index is 0.191. The molecule has 0 amide bonds. The standard InChI is InChI=1S/C18H21NO2/c1-13-5-7-16-15(10-13)4-3-9-19(16)12-14-6-8-17(20)18(11-14)21-2/h5-8,10-11,20H,3-4,9,12H2,1-2H3. The van der Waals surface area contributed by atoms with Gasteiger partial charge in [-0.05, 0) is 49.1 Å². The molecule has 3 heteroatoms. The first kappa shape index (κ1) is 13.8. The van der Waals surface area contributed by atoms with Gasteiger partial charge in [-0.2, -0.15) is 0 Å². The van der Waals surface area contributed by atoms with Crippen molar-refractivity contribution in [1.82, 2.24) is 0 Å². The lowest BCUT2D eigenvalue weighted by Gasteiger charge is -2.31. The van der Waals surface area contributed by atoms with E-state index in [2.05, 4.69) is 30.0 Å². The molecule has 1 aliphatic rings. The fraction of sp³-hybridized carbons (Fsp3) is 0.333. The molecule has 2 aromatic carbocycles. The van der Waals surface area contributed by atoms with Gasteiger partial charge >= 0.3 is 0 Å². The van der Waals surface area contributed by atoms with Gasteiger partial charge in [-0.25, -0.2) is 0 Å². The van der Waals surface area contributed by atoms with Crippen LogP contribution in [0.15, 0.2) is 36.4 Å². The summed E-state index contributed by atoms with van der Waals surface area (Å²) in [6, 6.07) is 12.3. The number of phenolic OH excluding ortho intramolecular Hbond substituents is 1. The topological polar surface area (TPSA) is 32.7 Å². The van der Waals surface area contributed by atoms with Gasteiger partial charge in [-0.1, -0.05) is 23.8 Å². The Bertz CT molecular complexity index is 652. The average molecular weight is 283 g/mol. The minimum atomic E-state index is 0.191. The first-order chi connectivity index (χ1) is 10.2. The number of phenols is 1. The van der Waals surface area contributed by atoms with Crippen LogP contribution in [-0.4, -0.2) is 18.8 Å². The molecular weight excluding hydrogens is 262 g/mol. The van der Waals surface area contributed by atoms with Crippen molar-refractivity contribution >= 4 is 5.69 Å². The quantitative estimate of drug-likeness (QED) is 0.933. The molecule has 0 aliphatic carbocycles. The lowest BCUT2D eigenvalue weighted by molar-refractivity contribution is 0.373. The van der Waals surface area contributed by atoms with E-state index in [1.54, 1.807) is 13.2 Å². The van der Waals surface area contributed by atoms with Crippen molar-refractivity contribution in [1.29, 1.82) is 0 Å². The van der Waals surface area contributed by atoms with E-state index in [0.29, 0.717) is 5.75 Å². The fourth-order valence-electron chi connectivity index (χ4n) is 3.01. The van der Waals surface area contributed by atoms with Crippen LogP contribution in [-0.2, 0) is 13.0 Å². The zero-order chi connectivity index (χ0) is 14.8. The van der Waals surface area contributed by atoms with Crippen LogP contribution in [0.2, 0.25) is 0 Å². The van der Waals surface area contributed by atoms with Gasteiger partial charge in [0.25, 0.3) is 0 Å². The monoisotopic (exact) mass is 283 g/mol. The Morgan fingerprint density at radius 2 is 2.05 bits per heavy atom. The Kier molecular flexibility index (Phi) is 3.74. The lowest BCUT2D eigenvalue weighted by Crippen LogP contribution is -2.28. The lowest BCUT2D eigenvalue weighted by atomic mass is 9.99. The highest BCUT2D eigenvalue weighted by molar-refractivity contribution is 5.57. The van der Waals surface area contributed by atoms with E-state index in [-0.39, 0.29) is 5.75 Å². The first-order valence-corrected chi connectivity index (χ1v) is 7.38. The molecule has 21 heavy (non-hydrogen) atoms. The molecule has 110 valence electrons. The molecule has 0 saturated carbocycles. The zero-order valence-corrected chi connectivity index (χ0v) is 12.6. The maximum absolute atomic E-state index is 9.69. The molecule has 3 nitrogen and oxygen atoms in total. The number of hydrogen-bond acceptors (Lipinski definition) is 3. The first-order valence-electron chi connectivity index (χ1n) is 7.38. The number of rotatable bonds is 3. The number of nitrogens with zero attached hydrogens (tertiary/aromatic N) is 1. The highest BCUT2D eigenvalue weighted by Crippen LogP contribution is 2.31. The van der Waals surface area contributed by atoms with E-state index in [4.69, 9.17) is 4.74 Å². The molecule has 0 saturated heterocycles. The van der Waals surface area contributed by atoms with Crippen LogP contribution in [0, 0.1) is 6.92 Å². The van der Waals surface area contributed by atoms with Crippen LogP contribution in [0.4, 0.5) is 5.69 Å². The maximum atomic E-state index is 9.69. The SMILES string of the molecule is COc1cc(CN2CCCc3cc(C)ccc32)ccc1O. The predicted octanol–water partition coefficient (Wildman–Crippen LogP) is 3.66. The van der Waals surface area contributed by atoms with Crippen molar-refractivity contribution in [2.45, 2.75) is 26.3 Å². The van der Waals surface area contributed by atoms with Crippen molar-refractivity contribution in [3.05, 3.63) is 53.1 Å². The van der Waals surface area contributed by atoms with Crippen molar-refractivity contribution in [2.75, 3.05) is 18.6 Å². The third kappa shape index (κ3) is 2.82. The summed E-state index contributed by atoms with van der Waals surface area (Å²) in [5, 5.41) is 9.69. The normalized spacial score (nSPS) is 13.9. The van der Waals surface area contributed by atoms with E-state index < -0.39 is 0 Å². The summed E-state index contributed by atoms with van der Waals surface area (Å²) >= 11 is 0. The number of methoxy groups -OCH3 is 1. The molecule has 0 atom stereocenters. The molecule has 2 aromatic rings. The Labute approximate surface area is 125 Å². The molecule has 0 spiro atoms. The fourth-order valence-corrected chi connectivity index (χ4v) is 3.01. The Hall–Kier alpha value is -2.16. The third-order valence-corrected chi connectivity index (χ3v) is 4.07. The minimum Gasteiger partial charge on any atom is -0.504 e. The number of aromatic hydroxyl groups is 1. The van der Waals surface area contributed by atoms with E-state index in [9.17, 15) is 5.11 Å². The third-order valence-electron chi connectivity index (χ3n) is 4.07. The van der Waals surface area contributed by atoms with Crippen molar-refractivity contribution in [2.24, 2.45) is 0 Å². The Morgan fingerprint density at radius 3 is 2.86 bits per heavy atom. The zero-order valence-electron chi connectivity index (χ0n) is 12.6. The molecule has 0 fully saturated rings. The van der Waals surface area contributed by atoms with Gasteiger partial charge in [0.05, 0.1) is 7.11 Å². The molecule has 0 bridgehead atoms. The summed E-state index contributed by atoms with van der Waals surface area (Å²) in [7, 11) is 1.58. The van der Waals surface area contributed by atoms with Gasteiger partial charge in [0.15, 0.2) is 11.5 Å². The van der Waals surface area contributed by atoms with E-state index in [1.165, 1.54) is 23.2 Å².